The summed E-state index contributed by atoms with van der Waals surface area (Å²) >= 11 is 0. The van der Waals surface area contributed by atoms with Gasteiger partial charge in [0.05, 0.1) is 12.0 Å². The molecule has 1 amide bonds. The molecule has 0 saturated carbocycles. The Morgan fingerprint density at radius 2 is 2.04 bits per heavy atom. The van der Waals surface area contributed by atoms with E-state index in [1.807, 2.05) is 0 Å². The first kappa shape index (κ1) is 17.4. The van der Waals surface area contributed by atoms with Crippen molar-refractivity contribution < 1.29 is 18.8 Å². The zero-order valence-corrected chi connectivity index (χ0v) is 13.6. The average molecular weight is 332 g/mol. The standard InChI is InChI=1S/C17H17FN2O4/c1-11-13(5-4-6-15(11)20(22)23)17(21)19(2)10-12-7-8-16(24-3)14(18)9-12/h4-9H,10H2,1-3H3. The van der Waals surface area contributed by atoms with Crippen LogP contribution < -0.4 is 4.74 Å². The van der Waals surface area contributed by atoms with Crippen molar-refractivity contribution in [3.8, 4) is 5.75 Å². The fraction of sp³-hybridized carbons (Fsp3) is 0.235. The fourth-order valence-electron chi connectivity index (χ4n) is 2.41. The van der Waals surface area contributed by atoms with Gasteiger partial charge in [-0.05, 0) is 30.7 Å². The second-order valence-corrected chi connectivity index (χ2v) is 5.34. The van der Waals surface area contributed by atoms with Crippen LogP contribution in [-0.2, 0) is 6.54 Å². The number of rotatable bonds is 5. The summed E-state index contributed by atoms with van der Waals surface area (Å²) < 4.78 is 18.6. The number of halogens is 1. The summed E-state index contributed by atoms with van der Waals surface area (Å²) in [5.41, 5.74) is 1.04. The Balaban J connectivity index is 2.23. The van der Waals surface area contributed by atoms with Crippen molar-refractivity contribution in [3.63, 3.8) is 0 Å². The lowest BCUT2D eigenvalue weighted by Gasteiger charge is -2.18. The van der Waals surface area contributed by atoms with E-state index in [0.717, 1.165) is 0 Å². The molecule has 0 aliphatic rings. The molecule has 2 aromatic rings. The minimum absolute atomic E-state index is 0.107. The van der Waals surface area contributed by atoms with E-state index >= 15 is 0 Å². The van der Waals surface area contributed by atoms with E-state index in [9.17, 15) is 19.3 Å². The molecule has 0 unspecified atom stereocenters. The molecule has 24 heavy (non-hydrogen) atoms. The SMILES string of the molecule is COc1ccc(CN(C)C(=O)c2cccc([N+](=O)[O-])c2C)cc1F. The predicted octanol–water partition coefficient (Wildman–Crippen LogP) is 3.32. The van der Waals surface area contributed by atoms with Crippen LogP contribution in [0.15, 0.2) is 36.4 Å². The Morgan fingerprint density at radius 3 is 2.62 bits per heavy atom. The maximum absolute atomic E-state index is 13.7. The number of hydrogen-bond donors (Lipinski definition) is 0. The van der Waals surface area contributed by atoms with Crippen LogP contribution in [0.3, 0.4) is 0 Å². The van der Waals surface area contributed by atoms with Gasteiger partial charge >= 0.3 is 0 Å². The summed E-state index contributed by atoms with van der Waals surface area (Å²) in [6, 6.07) is 8.80. The average Bonchev–Trinajstić information content (AvgIpc) is 2.54. The van der Waals surface area contributed by atoms with Crippen LogP contribution in [0.1, 0.15) is 21.5 Å². The minimum atomic E-state index is -0.523. The summed E-state index contributed by atoms with van der Waals surface area (Å²) in [5, 5.41) is 11.0. The third-order valence-electron chi connectivity index (χ3n) is 3.71. The van der Waals surface area contributed by atoms with Gasteiger partial charge in [-0.15, -0.1) is 0 Å². The molecule has 0 heterocycles. The number of carbonyl (C=O) groups excluding carboxylic acids is 1. The fourth-order valence-corrected chi connectivity index (χ4v) is 2.41. The topological polar surface area (TPSA) is 72.7 Å². The van der Waals surface area contributed by atoms with Crippen molar-refractivity contribution >= 4 is 11.6 Å². The van der Waals surface area contributed by atoms with Crippen LogP contribution in [0.25, 0.3) is 0 Å². The summed E-state index contributed by atoms with van der Waals surface area (Å²) in [6.07, 6.45) is 0. The molecule has 0 aliphatic carbocycles. The molecule has 126 valence electrons. The maximum atomic E-state index is 13.7. The third kappa shape index (κ3) is 3.51. The van der Waals surface area contributed by atoms with E-state index in [4.69, 9.17) is 4.74 Å². The Bertz CT molecular complexity index is 792. The first-order chi connectivity index (χ1) is 11.3. The van der Waals surface area contributed by atoms with E-state index in [1.54, 1.807) is 13.1 Å². The van der Waals surface area contributed by atoms with Crippen molar-refractivity contribution in [2.75, 3.05) is 14.2 Å². The number of nitrogens with zero attached hydrogens (tertiary/aromatic N) is 2. The summed E-state index contributed by atoms with van der Waals surface area (Å²) in [5.74, 6) is -0.753. The Morgan fingerprint density at radius 1 is 1.33 bits per heavy atom. The van der Waals surface area contributed by atoms with Gasteiger partial charge in [0.15, 0.2) is 11.6 Å². The zero-order valence-electron chi connectivity index (χ0n) is 13.6. The largest absolute Gasteiger partial charge is 0.494 e. The molecule has 0 fully saturated rings. The molecule has 2 rings (SSSR count). The molecule has 7 heteroatoms. The van der Waals surface area contributed by atoms with Crippen molar-refractivity contribution in [3.05, 3.63) is 69.0 Å². The van der Waals surface area contributed by atoms with E-state index < -0.39 is 10.7 Å². The number of amides is 1. The van der Waals surface area contributed by atoms with Gasteiger partial charge in [-0.2, -0.15) is 0 Å². The molecule has 0 bridgehead atoms. The number of nitro groups is 1. The lowest BCUT2D eigenvalue weighted by Crippen LogP contribution is -2.27. The molecule has 0 saturated heterocycles. The minimum Gasteiger partial charge on any atom is -0.494 e. The first-order valence-electron chi connectivity index (χ1n) is 7.17. The van der Waals surface area contributed by atoms with E-state index in [-0.39, 0.29) is 29.5 Å². The van der Waals surface area contributed by atoms with Crippen molar-refractivity contribution in [2.24, 2.45) is 0 Å². The predicted molar refractivity (Wildman–Crippen MR) is 86.6 cm³/mol. The highest BCUT2D eigenvalue weighted by Gasteiger charge is 2.20. The second-order valence-electron chi connectivity index (χ2n) is 5.34. The van der Waals surface area contributed by atoms with Crippen LogP contribution >= 0.6 is 0 Å². The van der Waals surface area contributed by atoms with Gasteiger partial charge in [-0.3, -0.25) is 14.9 Å². The highest BCUT2D eigenvalue weighted by Crippen LogP contribution is 2.23. The van der Waals surface area contributed by atoms with Gasteiger partial charge in [0.1, 0.15) is 0 Å². The van der Waals surface area contributed by atoms with Gasteiger partial charge < -0.3 is 9.64 Å². The number of hydrogen-bond acceptors (Lipinski definition) is 4. The lowest BCUT2D eigenvalue weighted by molar-refractivity contribution is -0.385. The molecule has 0 N–H and O–H groups in total. The van der Waals surface area contributed by atoms with E-state index in [1.165, 1.54) is 49.3 Å². The second kappa shape index (κ2) is 7.08. The molecule has 0 radical (unpaired) electrons. The van der Waals surface area contributed by atoms with Crippen LogP contribution in [0.2, 0.25) is 0 Å². The molecular formula is C17H17FN2O4. The lowest BCUT2D eigenvalue weighted by atomic mass is 10.1. The number of benzene rings is 2. The highest BCUT2D eigenvalue weighted by molar-refractivity contribution is 5.96. The molecule has 0 atom stereocenters. The summed E-state index contributed by atoms with van der Waals surface area (Å²) in [4.78, 5) is 24.4. The van der Waals surface area contributed by atoms with Crippen LogP contribution in [0.4, 0.5) is 10.1 Å². The van der Waals surface area contributed by atoms with E-state index in [0.29, 0.717) is 11.1 Å². The number of carbonyl (C=O) groups is 1. The molecule has 0 aliphatic heterocycles. The number of nitro benzene ring substituents is 1. The van der Waals surface area contributed by atoms with Gasteiger partial charge in [0.2, 0.25) is 0 Å². The van der Waals surface area contributed by atoms with Crippen LogP contribution in [0, 0.1) is 22.9 Å². The third-order valence-corrected chi connectivity index (χ3v) is 3.71. The van der Waals surface area contributed by atoms with Gasteiger partial charge in [0, 0.05) is 30.8 Å². The molecular weight excluding hydrogens is 315 g/mol. The zero-order chi connectivity index (χ0) is 17.9. The van der Waals surface area contributed by atoms with Crippen LogP contribution in [0.5, 0.6) is 5.75 Å². The first-order valence-corrected chi connectivity index (χ1v) is 7.17. The van der Waals surface area contributed by atoms with Gasteiger partial charge in [-0.25, -0.2) is 4.39 Å². The molecule has 2 aromatic carbocycles. The molecule has 0 spiro atoms. The van der Waals surface area contributed by atoms with E-state index in [2.05, 4.69) is 0 Å². The van der Waals surface area contributed by atoms with Gasteiger partial charge in [0.25, 0.3) is 11.6 Å². The molecule has 0 aromatic heterocycles. The summed E-state index contributed by atoms with van der Waals surface area (Å²) in [6.45, 7) is 1.70. The molecule has 6 nitrogen and oxygen atoms in total. The number of ether oxygens (including phenoxy) is 1. The maximum Gasteiger partial charge on any atom is 0.273 e. The Hall–Kier alpha value is -2.96. The van der Waals surface area contributed by atoms with Crippen molar-refractivity contribution in [1.82, 2.24) is 4.90 Å². The van der Waals surface area contributed by atoms with Gasteiger partial charge in [-0.1, -0.05) is 12.1 Å². The summed E-state index contributed by atoms with van der Waals surface area (Å²) in [7, 11) is 2.93. The number of methoxy groups -OCH3 is 1. The monoisotopic (exact) mass is 332 g/mol. The smallest absolute Gasteiger partial charge is 0.273 e. The van der Waals surface area contributed by atoms with Crippen molar-refractivity contribution in [2.45, 2.75) is 13.5 Å². The van der Waals surface area contributed by atoms with Crippen LogP contribution in [-0.4, -0.2) is 29.9 Å². The quantitative estimate of drug-likeness (QED) is 0.622. The highest BCUT2D eigenvalue weighted by atomic mass is 19.1. The normalized spacial score (nSPS) is 10.3. The van der Waals surface area contributed by atoms with Crippen molar-refractivity contribution in [1.29, 1.82) is 0 Å². The Kier molecular flexibility index (Phi) is 5.13. The Labute approximate surface area is 138 Å².